The number of benzene rings is 6. The molecule has 0 atom stereocenters. The van der Waals surface area contributed by atoms with Crippen LogP contribution in [-0.2, 0) is 0 Å². The van der Waals surface area contributed by atoms with E-state index in [1.165, 1.54) is 0 Å². The fraction of sp³-hybridized carbons (Fsp3) is 0.0435. The van der Waals surface area contributed by atoms with Crippen LogP contribution in [0.5, 0.6) is 0 Å². The Balaban J connectivity index is 0.000000162. The first-order valence-electron chi connectivity index (χ1n) is 17.1. The Kier molecular flexibility index (Phi) is 10.2. The number of hydrogen-bond donors (Lipinski definition) is 0. The maximum atomic E-state index is 9.86. The van der Waals surface area contributed by atoms with Crippen LogP contribution in [0.4, 0.5) is 11.4 Å². The molecule has 2 aliphatic rings. The van der Waals surface area contributed by atoms with Crippen LogP contribution in [0.15, 0.2) is 203 Å². The van der Waals surface area contributed by atoms with Gasteiger partial charge in [-0.05, 0) is 35.4 Å². The number of nitrogens with zero attached hydrogens (tertiary/aromatic N) is 6. The lowest BCUT2D eigenvalue weighted by atomic mass is 9.96. The molecule has 0 spiro atoms. The van der Waals surface area contributed by atoms with Gasteiger partial charge in [-0.15, -0.1) is 0 Å². The molecule has 2 aliphatic heterocycles. The Morgan fingerprint density at radius 1 is 0.365 bits per heavy atom. The van der Waals surface area contributed by atoms with Crippen molar-refractivity contribution in [3.63, 3.8) is 0 Å². The normalized spacial score (nSPS) is 14.0. The quantitative estimate of drug-likeness (QED) is 0.177. The standard InChI is InChI=1S/2C23H17N3/c2*24-17-20-16-22(18-10-4-1-5-11-18)25-26(21-14-8-3-9-15-21)23(20)19-12-6-2-7-13-19/h2*1-15H,16H2. The number of rotatable bonds is 6. The molecule has 6 aromatic carbocycles. The van der Waals surface area contributed by atoms with Crippen molar-refractivity contribution in [1.82, 2.24) is 0 Å². The second-order valence-corrected chi connectivity index (χ2v) is 12.1. The lowest BCUT2D eigenvalue weighted by Gasteiger charge is -2.29. The van der Waals surface area contributed by atoms with Gasteiger partial charge in [-0.25, -0.2) is 10.0 Å². The van der Waals surface area contributed by atoms with Crippen LogP contribution >= 0.6 is 0 Å². The molecule has 0 aliphatic carbocycles. The highest BCUT2D eigenvalue weighted by Gasteiger charge is 2.27. The van der Waals surface area contributed by atoms with Crippen molar-refractivity contribution in [3.05, 3.63) is 215 Å². The third-order valence-electron chi connectivity index (χ3n) is 8.71. The molecular formula is C46H34N6. The topological polar surface area (TPSA) is 78.8 Å². The van der Waals surface area contributed by atoms with Crippen LogP contribution in [0.3, 0.4) is 0 Å². The lowest BCUT2D eigenvalue weighted by molar-refractivity contribution is 1.03. The largest absolute Gasteiger partial charge is 0.232 e. The van der Waals surface area contributed by atoms with Gasteiger partial charge in [0.15, 0.2) is 0 Å². The van der Waals surface area contributed by atoms with Gasteiger partial charge in [-0.2, -0.15) is 20.7 Å². The molecule has 0 bridgehead atoms. The molecule has 0 unspecified atom stereocenters. The first-order chi connectivity index (χ1) is 25.7. The fourth-order valence-electron chi connectivity index (χ4n) is 6.23. The van der Waals surface area contributed by atoms with Gasteiger partial charge < -0.3 is 0 Å². The third kappa shape index (κ3) is 7.33. The van der Waals surface area contributed by atoms with E-state index in [1.54, 1.807) is 0 Å². The molecule has 0 N–H and O–H groups in total. The predicted octanol–water partition coefficient (Wildman–Crippen LogP) is 10.5. The minimum absolute atomic E-state index is 0.522. The van der Waals surface area contributed by atoms with Gasteiger partial charge in [-0.1, -0.05) is 158 Å². The molecule has 6 aromatic rings. The van der Waals surface area contributed by atoms with E-state index in [2.05, 4.69) is 12.1 Å². The van der Waals surface area contributed by atoms with Gasteiger partial charge in [-0.3, -0.25) is 0 Å². The summed E-state index contributed by atoms with van der Waals surface area (Å²) in [6.45, 7) is 0. The van der Waals surface area contributed by atoms with Crippen molar-refractivity contribution in [2.45, 2.75) is 12.8 Å². The molecular weight excluding hydrogens is 637 g/mol. The van der Waals surface area contributed by atoms with E-state index in [-0.39, 0.29) is 0 Å². The number of allylic oxidation sites excluding steroid dienone is 2. The summed E-state index contributed by atoms with van der Waals surface area (Å²) < 4.78 is 0. The molecule has 6 heteroatoms. The maximum Gasteiger partial charge on any atom is 0.0974 e. The van der Waals surface area contributed by atoms with Crippen LogP contribution in [-0.4, -0.2) is 11.4 Å². The van der Waals surface area contributed by atoms with Crippen LogP contribution in [0.1, 0.15) is 35.1 Å². The Bertz CT molecular complexity index is 2170. The smallest absolute Gasteiger partial charge is 0.0974 e. The molecule has 8 rings (SSSR count). The molecule has 0 saturated carbocycles. The van der Waals surface area contributed by atoms with Crippen molar-refractivity contribution < 1.29 is 0 Å². The SMILES string of the molecule is N#CC1=C(c2ccccc2)N(c2ccccc2)N=C(c2ccccc2)C1.N#CC1=C(c2ccccc2)N(c2ccccc2)N=C(c2ccccc2)C1. The van der Waals surface area contributed by atoms with Crippen molar-refractivity contribution in [3.8, 4) is 12.1 Å². The second kappa shape index (κ2) is 16.0. The Labute approximate surface area is 304 Å². The predicted molar refractivity (Wildman–Crippen MR) is 211 cm³/mol. The summed E-state index contributed by atoms with van der Waals surface area (Å²) in [6, 6.07) is 64.8. The average Bonchev–Trinajstić information content (AvgIpc) is 3.24. The van der Waals surface area contributed by atoms with Gasteiger partial charge >= 0.3 is 0 Å². The highest BCUT2D eigenvalue weighted by atomic mass is 15.5. The van der Waals surface area contributed by atoms with E-state index in [0.29, 0.717) is 24.0 Å². The molecule has 248 valence electrons. The highest BCUT2D eigenvalue weighted by molar-refractivity contribution is 6.08. The van der Waals surface area contributed by atoms with E-state index < -0.39 is 0 Å². The van der Waals surface area contributed by atoms with Gasteiger partial charge in [0.25, 0.3) is 0 Å². The molecule has 0 radical (unpaired) electrons. The Morgan fingerprint density at radius 2 is 0.635 bits per heavy atom. The minimum atomic E-state index is 0.522. The van der Waals surface area contributed by atoms with E-state index >= 15 is 0 Å². The summed E-state index contributed by atoms with van der Waals surface area (Å²) >= 11 is 0. The summed E-state index contributed by atoms with van der Waals surface area (Å²) in [5.41, 5.74) is 10.8. The van der Waals surface area contributed by atoms with Gasteiger partial charge in [0.2, 0.25) is 0 Å². The number of nitriles is 2. The zero-order chi connectivity index (χ0) is 35.5. The lowest BCUT2D eigenvalue weighted by Crippen LogP contribution is -2.24. The summed E-state index contributed by atoms with van der Waals surface area (Å²) in [4.78, 5) is 0. The van der Waals surface area contributed by atoms with Crippen LogP contribution in [0.25, 0.3) is 11.4 Å². The summed E-state index contributed by atoms with van der Waals surface area (Å²) in [5, 5.41) is 33.3. The second-order valence-electron chi connectivity index (χ2n) is 12.1. The summed E-state index contributed by atoms with van der Waals surface area (Å²) in [7, 11) is 0. The van der Waals surface area contributed by atoms with Crippen molar-refractivity contribution in [2.75, 3.05) is 10.0 Å². The number of anilines is 2. The van der Waals surface area contributed by atoms with E-state index in [1.807, 2.05) is 192 Å². The van der Waals surface area contributed by atoms with Crippen LogP contribution in [0.2, 0.25) is 0 Å². The first kappa shape index (κ1) is 33.2. The first-order valence-corrected chi connectivity index (χ1v) is 17.1. The number of hydrazone groups is 2. The van der Waals surface area contributed by atoms with Crippen LogP contribution < -0.4 is 10.0 Å². The summed E-state index contributed by atoms with van der Waals surface area (Å²) in [5.74, 6) is 0. The number of hydrogen-bond acceptors (Lipinski definition) is 6. The Morgan fingerprint density at radius 3 is 0.923 bits per heavy atom. The zero-order valence-corrected chi connectivity index (χ0v) is 28.4. The van der Waals surface area contributed by atoms with Gasteiger partial charge in [0.1, 0.15) is 0 Å². The number of para-hydroxylation sites is 2. The van der Waals surface area contributed by atoms with Crippen molar-refractivity contribution >= 4 is 34.2 Å². The molecule has 0 saturated heterocycles. The maximum absolute atomic E-state index is 9.86. The van der Waals surface area contributed by atoms with Crippen molar-refractivity contribution in [2.24, 2.45) is 10.2 Å². The van der Waals surface area contributed by atoms with Crippen LogP contribution in [0, 0.1) is 22.7 Å². The highest BCUT2D eigenvalue weighted by Crippen LogP contribution is 2.36. The van der Waals surface area contributed by atoms with E-state index in [4.69, 9.17) is 10.2 Å². The average molecular weight is 671 g/mol. The molecule has 2 heterocycles. The molecule has 0 aromatic heterocycles. The monoisotopic (exact) mass is 670 g/mol. The van der Waals surface area contributed by atoms with Gasteiger partial charge in [0.05, 0.1) is 57.5 Å². The third-order valence-corrected chi connectivity index (χ3v) is 8.71. The molecule has 0 amide bonds. The summed E-state index contributed by atoms with van der Waals surface area (Å²) in [6.07, 6.45) is 1.04. The molecule has 0 fully saturated rings. The zero-order valence-electron chi connectivity index (χ0n) is 28.4. The minimum Gasteiger partial charge on any atom is -0.232 e. The van der Waals surface area contributed by atoms with E-state index in [0.717, 1.165) is 56.4 Å². The van der Waals surface area contributed by atoms with Crippen molar-refractivity contribution in [1.29, 1.82) is 10.5 Å². The van der Waals surface area contributed by atoms with Gasteiger partial charge in [0, 0.05) is 24.0 Å². The Hall–Kier alpha value is -7.28. The van der Waals surface area contributed by atoms with E-state index in [9.17, 15) is 10.5 Å². The molecule has 52 heavy (non-hydrogen) atoms. The molecule has 6 nitrogen and oxygen atoms in total. The fourth-order valence-corrected chi connectivity index (χ4v) is 6.23.